The van der Waals surface area contributed by atoms with Gasteiger partial charge < -0.3 is 9.47 Å². The van der Waals surface area contributed by atoms with Crippen LogP contribution in [-0.2, 0) is 0 Å². The molecule has 96 valence electrons. The van der Waals surface area contributed by atoms with Gasteiger partial charge in [0, 0.05) is 5.41 Å². The Labute approximate surface area is 107 Å². The highest BCUT2D eigenvalue weighted by Crippen LogP contribution is 2.58. The van der Waals surface area contributed by atoms with Gasteiger partial charge in [-0.1, -0.05) is 6.92 Å². The van der Waals surface area contributed by atoms with Crippen LogP contribution in [0.5, 0.6) is 11.5 Å². The summed E-state index contributed by atoms with van der Waals surface area (Å²) >= 11 is 0. The molecule has 1 aliphatic heterocycles. The molecule has 1 heterocycles. The van der Waals surface area contributed by atoms with Crippen molar-refractivity contribution >= 4 is 5.78 Å². The van der Waals surface area contributed by atoms with E-state index < -0.39 is 0 Å². The Bertz CT molecular complexity index is 516. The smallest absolute Gasteiger partial charge is 0.170 e. The maximum Gasteiger partial charge on any atom is 0.170 e. The first kappa shape index (κ1) is 11.6. The SMILES string of the molecule is COc1ccc2c(c1)C(=O)CC(C)(C1(C)CC1)O2. The zero-order valence-electron chi connectivity index (χ0n) is 11.1. The van der Waals surface area contributed by atoms with Crippen molar-refractivity contribution in [2.75, 3.05) is 7.11 Å². The van der Waals surface area contributed by atoms with Crippen molar-refractivity contribution in [2.45, 2.75) is 38.7 Å². The number of ether oxygens (including phenoxy) is 2. The van der Waals surface area contributed by atoms with Gasteiger partial charge in [-0.05, 0) is 38.0 Å². The number of hydrogen-bond donors (Lipinski definition) is 0. The van der Waals surface area contributed by atoms with Crippen LogP contribution in [0.4, 0.5) is 0 Å². The monoisotopic (exact) mass is 246 g/mol. The number of carbonyl (C=O) groups is 1. The second kappa shape index (κ2) is 3.50. The lowest BCUT2D eigenvalue weighted by Crippen LogP contribution is -2.46. The third-order valence-electron chi connectivity index (χ3n) is 4.60. The molecule has 1 atom stereocenters. The maximum atomic E-state index is 12.3. The van der Waals surface area contributed by atoms with Crippen molar-refractivity contribution in [3.8, 4) is 11.5 Å². The van der Waals surface area contributed by atoms with Gasteiger partial charge in [0.05, 0.1) is 19.1 Å². The fraction of sp³-hybridized carbons (Fsp3) is 0.533. The normalized spacial score (nSPS) is 28.3. The van der Waals surface area contributed by atoms with Crippen molar-refractivity contribution in [2.24, 2.45) is 5.41 Å². The van der Waals surface area contributed by atoms with Gasteiger partial charge in [0.25, 0.3) is 0 Å². The van der Waals surface area contributed by atoms with Crippen LogP contribution in [0.3, 0.4) is 0 Å². The second-order valence-electron chi connectivity index (χ2n) is 5.86. The molecule has 1 unspecified atom stereocenters. The summed E-state index contributed by atoms with van der Waals surface area (Å²) in [7, 11) is 1.60. The van der Waals surface area contributed by atoms with Gasteiger partial charge in [0.2, 0.25) is 0 Å². The van der Waals surface area contributed by atoms with E-state index in [0.717, 1.165) is 12.8 Å². The van der Waals surface area contributed by atoms with E-state index in [2.05, 4.69) is 13.8 Å². The fourth-order valence-electron chi connectivity index (χ4n) is 2.68. The van der Waals surface area contributed by atoms with Crippen LogP contribution < -0.4 is 9.47 Å². The third kappa shape index (κ3) is 1.53. The number of carbonyl (C=O) groups excluding carboxylic acids is 1. The predicted octanol–water partition coefficient (Wildman–Crippen LogP) is 3.22. The summed E-state index contributed by atoms with van der Waals surface area (Å²) in [5.74, 6) is 1.56. The van der Waals surface area contributed by atoms with Crippen LogP contribution in [0.25, 0.3) is 0 Å². The van der Waals surface area contributed by atoms with E-state index in [-0.39, 0.29) is 16.8 Å². The van der Waals surface area contributed by atoms with Gasteiger partial charge >= 0.3 is 0 Å². The van der Waals surface area contributed by atoms with E-state index in [4.69, 9.17) is 9.47 Å². The summed E-state index contributed by atoms with van der Waals surface area (Å²) in [6, 6.07) is 5.45. The van der Waals surface area contributed by atoms with E-state index in [9.17, 15) is 4.79 Å². The largest absolute Gasteiger partial charge is 0.497 e. The van der Waals surface area contributed by atoms with Gasteiger partial charge in [-0.3, -0.25) is 4.79 Å². The van der Waals surface area contributed by atoms with E-state index >= 15 is 0 Å². The van der Waals surface area contributed by atoms with Gasteiger partial charge in [-0.25, -0.2) is 0 Å². The molecule has 0 amide bonds. The Morgan fingerprint density at radius 2 is 2.00 bits per heavy atom. The first-order chi connectivity index (χ1) is 8.47. The van der Waals surface area contributed by atoms with Crippen LogP contribution >= 0.6 is 0 Å². The van der Waals surface area contributed by atoms with Crippen LogP contribution in [-0.4, -0.2) is 18.5 Å². The van der Waals surface area contributed by atoms with Crippen molar-refractivity contribution < 1.29 is 14.3 Å². The number of benzene rings is 1. The number of ketones is 1. The molecule has 3 nitrogen and oxygen atoms in total. The molecule has 1 aromatic rings. The van der Waals surface area contributed by atoms with Gasteiger partial charge in [0.1, 0.15) is 17.1 Å². The molecule has 1 fully saturated rings. The standard InChI is InChI=1S/C15H18O3/c1-14(6-7-14)15(2)9-12(16)11-8-10(17-3)4-5-13(11)18-15/h4-5,8H,6-7,9H2,1-3H3. The molecule has 18 heavy (non-hydrogen) atoms. The van der Waals surface area contributed by atoms with Crippen LogP contribution in [0.15, 0.2) is 18.2 Å². The van der Waals surface area contributed by atoms with E-state index in [1.807, 2.05) is 12.1 Å². The maximum absolute atomic E-state index is 12.3. The highest BCUT2D eigenvalue weighted by atomic mass is 16.5. The summed E-state index contributed by atoms with van der Waals surface area (Å²) in [6.45, 7) is 4.26. The average Bonchev–Trinajstić information content (AvgIpc) is 3.09. The summed E-state index contributed by atoms with van der Waals surface area (Å²) in [4.78, 5) is 12.3. The first-order valence-corrected chi connectivity index (χ1v) is 6.38. The lowest BCUT2D eigenvalue weighted by Gasteiger charge is -2.40. The molecule has 0 radical (unpaired) electrons. The Hall–Kier alpha value is -1.51. The Balaban J connectivity index is 2.00. The summed E-state index contributed by atoms with van der Waals surface area (Å²) in [6.07, 6.45) is 2.74. The number of Topliss-reactive ketones (excluding diaryl/α,β-unsaturated/α-hetero) is 1. The summed E-state index contributed by atoms with van der Waals surface area (Å²) in [5.41, 5.74) is 0.447. The molecule has 0 bridgehead atoms. The number of fused-ring (bicyclic) bond motifs is 1. The first-order valence-electron chi connectivity index (χ1n) is 6.38. The molecule has 1 aliphatic carbocycles. The average molecular weight is 246 g/mol. The molecule has 0 saturated heterocycles. The second-order valence-corrected chi connectivity index (χ2v) is 5.86. The Kier molecular flexibility index (Phi) is 2.25. The molecule has 1 saturated carbocycles. The minimum absolute atomic E-state index is 0.153. The van der Waals surface area contributed by atoms with Gasteiger partial charge in [0.15, 0.2) is 5.78 Å². The number of hydrogen-bond acceptors (Lipinski definition) is 3. The van der Waals surface area contributed by atoms with E-state index in [1.54, 1.807) is 13.2 Å². The third-order valence-corrected chi connectivity index (χ3v) is 4.60. The summed E-state index contributed by atoms with van der Waals surface area (Å²) < 4.78 is 11.3. The number of rotatable bonds is 2. The Morgan fingerprint density at radius 1 is 1.28 bits per heavy atom. The molecular formula is C15H18O3. The molecule has 3 rings (SSSR count). The zero-order chi connectivity index (χ0) is 13.0. The van der Waals surface area contributed by atoms with Crippen molar-refractivity contribution in [3.05, 3.63) is 23.8 Å². The lowest BCUT2D eigenvalue weighted by molar-refractivity contribution is 0.00415. The molecular weight excluding hydrogens is 228 g/mol. The topological polar surface area (TPSA) is 35.5 Å². The van der Waals surface area contributed by atoms with Crippen molar-refractivity contribution in [1.29, 1.82) is 0 Å². The Morgan fingerprint density at radius 3 is 2.61 bits per heavy atom. The van der Waals surface area contributed by atoms with Crippen molar-refractivity contribution in [3.63, 3.8) is 0 Å². The van der Waals surface area contributed by atoms with Gasteiger partial charge in [-0.2, -0.15) is 0 Å². The quantitative estimate of drug-likeness (QED) is 0.803. The van der Waals surface area contributed by atoms with E-state index in [1.165, 1.54) is 0 Å². The zero-order valence-corrected chi connectivity index (χ0v) is 11.1. The van der Waals surface area contributed by atoms with Crippen LogP contribution in [0, 0.1) is 5.41 Å². The lowest BCUT2D eigenvalue weighted by atomic mass is 9.80. The fourth-order valence-corrected chi connectivity index (χ4v) is 2.68. The predicted molar refractivity (Wildman–Crippen MR) is 68.3 cm³/mol. The summed E-state index contributed by atoms with van der Waals surface area (Å²) in [5, 5.41) is 0. The molecule has 3 heteroatoms. The highest BCUT2D eigenvalue weighted by Gasteiger charge is 2.57. The number of methoxy groups -OCH3 is 1. The minimum Gasteiger partial charge on any atom is -0.497 e. The van der Waals surface area contributed by atoms with Crippen LogP contribution in [0.2, 0.25) is 0 Å². The van der Waals surface area contributed by atoms with Gasteiger partial charge in [-0.15, -0.1) is 0 Å². The molecule has 0 aromatic heterocycles. The molecule has 0 spiro atoms. The minimum atomic E-state index is -0.355. The molecule has 0 N–H and O–H groups in total. The molecule has 2 aliphatic rings. The van der Waals surface area contributed by atoms with Crippen molar-refractivity contribution in [1.82, 2.24) is 0 Å². The van der Waals surface area contributed by atoms with Crippen LogP contribution in [0.1, 0.15) is 43.5 Å². The van der Waals surface area contributed by atoms with E-state index in [0.29, 0.717) is 23.5 Å². The molecule has 1 aromatic carbocycles. The highest BCUT2D eigenvalue weighted by molar-refractivity contribution is 6.00.